The maximum absolute atomic E-state index is 8.74. The summed E-state index contributed by atoms with van der Waals surface area (Å²) >= 11 is 0. The Morgan fingerprint density at radius 1 is 1.50 bits per heavy atom. The van der Waals surface area contributed by atoms with E-state index in [0.29, 0.717) is 0 Å². The van der Waals surface area contributed by atoms with Crippen molar-refractivity contribution < 1.29 is 13.0 Å². The van der Waals surface area contributed by atoms with E-state index < -0.39 is 10.3 Å². The summed E-state index contributed by atoms with van der Waals surface area (Å²) in [6, 6.07) is 0. The first kappa shape index (κ1) is 9.27. The molecule has 0 aliphatic rings. The minimum absolute atomic E-state index is 0. The van der Waals surface area contributed by atoms with E-state index in [1.807, 2.05) is 0 Å². The molecule has 0 heterocycles. The molecule has 0 aromatic heterocycles. The molecule has 5 nitrogen and oxygen atoms in total. The Morgan fingerprint density at radius 2 is 1.50 bits per heavy atom. The highest BCUT2D eigenvalue weighted by Gasteiger charge is 1.87. The quantitative estimate of drug-likeness (QED) is 0.392. The Labute approximate surface area is 35.6 Å². The molecule has 6 heteroatoms. The average Bonchev–Trinajstić information content (AvgIpc) is 0.722. The van der Waals surface area contributed by atoms with Gasteiger partial charge in [0.2, 0.25) is 0 Å². The highest BCUT2D eigenvalue weighted by molar-refractivity contribution is 7.83. The zero-order valence-electron chi connectivity index (χ0n) is 2.83. The SMILES string of the molecule is N.[N]S(=O)(=O)O. The van der Waals surface area contributed by atoms with E-state index in [1.165, 1.54) is 0 Å². The average molecular weight is 112 g/mol. The van der Waals surface area contributed by atoms with Crippen molar-refractivity contribution in [3.8, 4) is 0 Å². The second kappa shape index (κ2) is 2.08. The molecule has 0 rings (SSSR count). The lowest BCUT2D eigenvalue weighted by atomic mass is 13.9. The van der Waals surface area contributed by atoms with Crippen molar-refractivity contribution in [3.05, 3.63) is 0 Å². The number of hydrogen-bond donors (Lipinski definition) is 2. The predicted octanol–water partition coefficient (Wildman–Crippen LogP) is -0.980. The molecular weight excluding hydrogens is 108 g/mol. The molecule has 0 unspecified atom stereocenters. The van der Waals surface area contributed by atoms with E-state index in [4.69, 9.17) is 18.1 Å². The lowest BCUT2D eigenvalue weighted by Gasteiger charge is -1.64. The van der Waals surface area contributed by atoms with Crippen LogP contribution in [0.25, 0.3) is 0 Å². The van der Waals surface area contributed by atoms with Crippen LogP contribution in [-0.2, 0) is 10.3 Å². The lowest BCUT2D eigenvalue weighted by Crippen LogP contribution is -1.93. The summed E-state index contributed by atoms with van der Waals surface area (Å²) in [6.45, 7) is 0. The smallest absolute Gasteiger partial charge is 0.344 e. The molecule has 0 aliphatic carbocycles. The Balaban J connectivity index is 0. The molecule has 38 valence electrons. The molecule has 0 saturated carbocycles. The third-order valence-electron chi connectivity index (χ3n) is 0. The fourth-order valence-electron chi connectivity index (χ4n) is 0. The van der Waals surface area contributed by atoms with Gasteiger partial charge in [-0.3, -0.25) is 4.55 Å². The number of nitrogens with zero attached hydrogens (tertiary/aromatic N) is 1. The minimum Gasteiger partial charge on any atom is -0.344 e. The highest BCUT2D eigenvalue weighted by Crippen LogP contribution is 1.56. The molecule has 0 spiro atoms. The maximum Gasteiger partial charge on any atom is 0.367 e. The van der Waals surface area contributed by atoms with E-state index >= 15 is 0 Å². The molecule has 0 fully saturated rings. The van der Waals surface area contributed by atoms with Crippen LogP contribution in [0.4, 0.5) is 0 Å². The van der Waals surface area contributed by atoms with E-state index in [0.717, 1.165) is 0 Å². The molecule has 0 aromatic carbocycles. The van der Waals surface area contributed by atoms with Crippen LogP contribution in [-0.4, -0.2) is 13.0 Å². The summed E-state index contributed by atoms with van der Waals surface area (Å²) in [4.78, 5) is 0. The van der Waals surface area contributed by atoms with Crippen molar-refractivity contribution in [3.63, 3.8) is 0 Å². The monoisotopic (exact) mass is 112 g/mol. The first-order valence-corrected chi connectivity index (χ1v) is 2.10. The van der Waals surface area contributed by atoms with E-state index in [2.05, 4.69) is 0 Å². The molecule has 6 heavy (non-hydrogen) atoms. The fraction of sp³-hybridized carbons (Fsp3) is 0. The summed E-state index contributed by atoms with van der Waals surface area (Å²) in [5.74, 6) is 0. The molecule has 0 aliphatic heterocycles. The Hall–Kier alpha value is -0.170. The van der Waals surface area contributed by atoms with Gasteiger partial charge in [0.05, 0.1) is 0 Å². The first-order valence-electron chi connectivity index (χ1n) is 0.698. The lowest BCUT2D eigenvalue weighted by molar-refractivity contribution is 0.483. The van der Waals surface area contributed by atoms with Crippen LogP contribution in [0, 0.1) is 0 Å². The van der Waals surface area contributed by atoms with Gasteiger partial charge in [0.1, 0.15) is 0 Å². The Kier molecular flexibility index (Phi) is 3.22. The predicted molar refractivity (Wildman–Crippen MR) is 18.7 cm³/mol. The third-order valence-corrected chi connectivity index (χ3v) is 0. The fourth-order valence-corrected chi connectivity index (χ4v) is 0. The van der Waals surface area contributed by atoms with Crippen molar-refractivity contribution in [1.29, 1.82) is 0 Å². The van der Waals surface area contributed by atoms with Crippen molar-refractivity contribution >= 4 is 10.3 Å². The molecule has 0 aromatic rings. The molecule has 0 atom stereocenters. The molecule has 2 radical (unpaired) electrons. The van der Waals surface area contributed by atoms with Gasteiger partial charge in [-0.05, 0) is 0 Å². The van der Waals surface area contributed by atoms with E-state index in [9.17, 15) is 0 Å². The Morgan fingerprint density at radius 3 is 1.50 bits per heavy atom. The normalized spacial score (nSPS) is 9.67. The summed E-state index contributed by atoms with van der Waals surface area (Å²) in [6.07, 6.45) is 0. The van der Waals surface area contributed by atoms with E-state index in [-0.39, 0.29) is 6.15 Å². The van der Waals surface area contributed by atoms with Crippen LogP contribution < -0.4 is 11.3 Å². The highest BCUT2D eigenvalue weighted by atomic mass is 32.2. The topological polar surface area (TPSA) is 112 Å². The second-order valence-electron chi connectivity index (χ2n) is 0.448. The number of rotatable bonds is 0. The van der Waals surface area contributed by atoms with Crippen LogP contribution in [0.1, 0.15) is 0 Å². The van der Waals surface area contributed by atoms with Gasteiger partial charge >= 0.3 is 10.3 Å². The van der Waals surface area contributed by atoms with Crippen molar-refractivity contribution in [2.45, 2.75) is 0 Å². The molecular formula is H4N2O3S. The number of hydrogen-bond acceptors (Lipinski definition) is 3. The maximum atomic E-state index is 8.74. The molecule has 0 saturated heterocycles. The zero-order valence-corrected chi connectivity index (χ0v) is 3.64. The van der Waals surface area contributed by atoms with Gasteiger partial charge in [0, 0.05) is 5.14 Å². The van der Waals surface area contributed by atoms with Crippen LogP contribution in [0.15, 0.2) is 0 Å². The van der Waals surface area contributed by atoms with Crippen LogP contribution in [0.3, 0.4) is 0 Å². The molecule has 4 N–H and O–H groups in total. The standard InChI is InChI=1S/HNO3S.H3N/c1-5(2,3)4;/h(H,2,3,4);1H3. The van der Waals surface area contributed by atoms with Crippen LogP contribution in [0.5, 0.6) is 0 Å². The second-order valence-corrected chi connectivity index (χ2v) is 1.34. The Bertz CT molecular complexity index is 92.0. The van der Waals surface area contributed by atoms with Gasteiger partial charge in [-0.15, -0.1) is 0 Å². The zero-order chi connectivity index (χ0) is 4.50. The van der Waals surface area contributed by atoms with Gasteiger partial charge in [-0.2, -0.15) is 8.42 Å². The first-order chi connectivity index (χ1) is 2.00. The van der Waals surface area contributed by atoms with Gasteiger partial charge in [0.15, 0.2) is 0 Å². The van der Waals surface area contributed by atoms with Crippen molar-refractivity contribution in [2.24, 2.45) is 0 Å². The third kappa shape index (κ3) is 1060. The largest absolute Gasteiger partial charge is 0.367 e. The van der Waals surface area contributed by atoms with Crippen molar-refractivity contribution in [2.75, 3.05) is 0 Å². The van der Waals surface area contributed by atoms with Crippen LogP contribution in [0.2, 0.25) is 0 Å². The summed E-state index contributed by atoms with van der Waals surface area (Å²) in [5.41, 5.74) is 0. The van der Waals surface area contributed by atoms with Gasteiger partial charge in [0.25, 0.3) is 0 Å². The van der Waals surface area contributed by atoms with Gasteiger partial charge in [-0.25, -0.2) is 0 Å². The summed E-state index contributed by atoms with van der Waals surface area (Å²) in [5, 5.41) is 7.05. The van der Waals surface area contributed by atoms with Crippen LogP contribution >= 0.6 is 0 Å². The minimum atomic E-state index is -4.67. The van der Waals surface area contributed by atoms with Gasteiger partial charge in [-0.1, -0.05) is 0 Å². The summed E-state index contributed by atoms with van der Waals surface area (Å²) < 4.78 is 24.5. The van der Waals surface area contributed by atoms with E-state index in [1.54, 1.807) is 0 Å². The van der Waals surface area contributed by atoms with Crippen molar-refractivity contribution in [1.82, 2.24) is 11.3 Å². The molecule has 0 amide bonds. The van der Waals surface area contributed by atoms with Gasteiger partial charge < -0.3 is 6.15 Å². The summed E-state index contributed by atoms with van der Waals surface area (Å²) in [7, 11) is -4.67. The molecule has 0 bridgehead atoms.